The van der Waals surface area contributed by atoms with E-state index in [9.17, 15) is 0 Å². The van der Waals surface area contributed by atoms with Crippen molar-refractivity contribution in [3.8, 4) is 0 Å². The average molecular weight is 315 g/mol. The summed E-state index contributed by atoms with van der Waals surface area (Å²) in [5.74, 6) is 5.79. The first-order chi connectivity index (χ1) is 9.87. The van der Waals surface area contributed by atoms with Crippen LogP contribution in [0, 0.1) is 0 Å². The zero-order valence-electron chi connectivity index (χ0n) is 12.7. The Kier molecular flexibility index (Phi) is 6.87. The van der Waals surface area contributed by atoms with Gasteiger partial charge in [-0.25, -0.2) is 4.99 Å². The van der Waals surface area contributed by atoms with E-state index < -0.39 is 0 Å². The molecular formula is C14H23ClN4O2. The second-order valence-electron chi connectivity index (χ2n) is 5.14. The van der Waals surface area contributed by atoms with Gasteiger partial charge in [0.05, 0.1) is 23.9 Å². The molecule has 21 heavy (non-hydrogen) atoms. The van der Waals surface area contributed by atoms with Crippen LogP contribution in [-0.4, -0.2) is 30.8 Å². The summed E-state index contributed by atoms with van der Waals surface area (Å²) in [7, 11) is 0. The summed E-state index contributed by atoms with van der Waals surface area (Å²) in [5.41, 5.74) is 6.15. The minimum Gasteiger partial charge on any atom is -0.416 e. The van der Waals surface area contributed by atoms with Crippen LogP contribution in [0.3, 0.4) is 0 Å². The number of ether oxygens (including phenoxy) is 1. The number of nitrogens with two attached hydrogens (primary N) is 2. The third-order valence-electron chi connectivity index (χ3n) is 3.12. The van der Waals surface area contributed by atoms with Gasteiger partial charge in [0.15, 0.2) is 5.84 Å². The largest absolute Gasteiger partial charge is 0.416 e. The number of nitrogens with zero attached hydrogens (tertiary/aromatic N) is 2. The molecule has 0 aromatic heterocycles. The summed E-state index contributed by atoms with van der Waals surface area (Å²) < 4.78 is 5.68. The summed E-state index contributed by atoms with van der Waals surface area (Å²) in [6.07, 6.45) is 3.45. The van der Waals surface area contributed by atoms with Crippen molar-refractivity contribution in [1.29, 1.82) is 0 Å². The smallest absolute Gasteiger partial charge is 0.168 e. The van der Waals surface area contributed by atoms with Crippen LogP contribution in [0.25, 0.3) is 0 Å². The van der Waals surface area contributed by atoms with Gasteiger partial charge in [-0.2, -0.15) is 5.90 Å². The predicted octanol–water partition coefficient (Wildman–Crippen LogP) is 2.24. The van der Waals surface area contributed by atoms with Gasteiger partial charge in [-0.1, -0.05) is 11.6 Å². The molecule has 1 aliphatic rings. The molecule has 0 aliphatic carbocycles. The van der Waals surface area contributed by atoms with E-state index in [-0.39, 0.29) is 29.0 Å². The van der Waals surface area contributed by atoms with E-state index in [2.05, 4.69) is 21.5 Å². The highest BCUT2D eigenvalue weighted by Crippen LogP contribution is 2.23. The molecule has 0 saturated carbocycles. The van der Waals surface area contributed by atoms with Crippen molar-refractivity contribution in [2.75, 3.05) is 0 Å². The van der Waals surface area contributed by atoms with E-state index in [1.807, 2.05) is 13.8 Å². The number of aliphatic imine (C=N–C) groups is 2. The fraction of sp³-hybridized carbons (Fsp3) is 0.571. The lowest BCUT2D eigenvalue weighted by Crippen LogP contribution is -2.32. The molecule has 1 rings (SSSR count). The maximum Gasteiger partial charge on any atom is 0.168 e. The van der Waals surface area contributed by atoms with Crippen LogP contribution in [0.2, 0.25) is 0 Å². The van der Waals surface area contributed by atoms with Gasteiger partial charge in [-0.15, -0.1) is 0 Å². The lowest BCUT2D eigenvalue weighted by molar-refractivity contribution is -0.0362. The summed E-state index contributed by atoms with van der Waals surface area (Å²) in [6, 6.07) is 0.0848. The summed E-state index contributed by atoms with van der Waals surface area (Å²) >= 11 is 6.21. The molecule has 0 aromatic rings. The fourth-order valence-corrected chi connectivity index (χ4v) is 2.42. The second-order valence-corrected chi connectivity index (χ2v) is 5.51. The molecule has 7 heteroatoms. The van der Waals surface area contributed by atoms with Gasteiger partial charge in [0, 0.05) is 6.08 Å². The lowest BCUT2D eigenvalue weighted by atomic mass is 10.0. The molecule has 1 aliphatic heterocycles. The second kappa shape index (κ2) is 8.17. The first kappa shape index (κ1) is 17.7. The highest BCUT2D eigenvalue weighted by molar-refractivity contribution is 6.44. The molecule has 3 atom stereocenters. The third-order valence-corrected chi connectivity index (χ3v) is 3.51. The van der Waals surface area contributed by atoms with E-state index in [0.717, 1.165) is 12.8 Å². The quantitative estimate of drug-likeness (QED) is 0.273. The molecule has 1 saturated heterocycles. The highest BCUT2D eigenvalue weighted by Gasteiger charge is 2.24. The number of hydrogen-bond donors (Lipinski definition) is 2. The summed E-state index contributed by atoms with van der Waals surface area (Å²) in [6.45, 7) is 9.22. The summed E-state index contributed by atoms with van der Waals surface area (Å²) in [4.78, 5) is 13.0. The first-order valence-electron chi connectivity index (χ1n) is 6.78. The predicted molar refractivity (Wildman–Crippen MR) is 86.1 cm³/mol. The maximum absolute atomic E-state index is 6.21. The Morgan fingerprint density at radius 3 is 2.43 bits per heavy atom. The molecule has 4 N–H and O–H groups in total. The molecule has 1 fully saturated rings. The van der Waals surface area contributed by atoms with Crippen LogP contribution in [-0.2, 0) is 9.57 Å². The Hall–Kier alpha value is -1.37. The normalized spacial score (nSPS) is 28.9. The van der Waals surface area contributed by atoms with Crippen molar-refractivity contribution < 1.29 is 9.57 Å². The maximum atomic E-state index is 6.21. The van der Waals surface area contributed by atoms with E-state index >= 15 is 0 Å². The Morgan fingerprint density at radius 2 is 1.95 bits per heavy atom. The van der Waals surface area contributed by atoms with Crippen molar-refractivity contribution in [3.05, 3.63) is 22.6 Å². The van der Waals surface area contributed by atoms with Crippen molar-refractivity contribution in [2.45, 2.75) is 51.9 Å². The Balaban J connectivity index is 2.98. The number of allylic oxidation sites excluding steroid dienone is 2. The Bertz CT molecular complexity index is 464. The van der Waals surface area contributed by atoms with Gasteiger partial charge in [0.2, 0.25) is 0 Å². The van der Waals surface area contributed by atoms with E-state index in [1.165, 1.54) is 6.08 Å². The standard InChI is InChI=1S/C14H23ClN4O2/c1-8-5-11(6-9(2)20-8)19-14(18-4)13(15)12(16)7-10(3)21-17/h7-9,11H,4-6,16-17H2,1-3H3/b10-7+,13-12?,19-14?/t8-,9+,11?. The van der Waals surface area contributed by atoms with Gasteiger partial charge in [0.25, 0.3) is 0 Å². The first-order valence-corrected chi connectivity index (χ1v) is 7.15. The van der Waals surface area contributed by atoms with Crippen LogP contribution < -0.4 is 11.6 Å². The van der Waals surface area contributed by atoms with Crippen LogP contribution in [0.1, 0.15) is 33.6 Å². The molecule has 6 nitrogen and oxygen atoms in total. The van der Waals surface area contributed by atoms with Crippen molar-refractivity contribution >= 4 is 24.2 Å². The number of hydrogen-bond acceptors (Lipinski definition) is 5. The van der Waals surface area contributed by atoms with Crippen molar-refractivity contribution in [3.63, 3.8) is 0 Å². The number of rotatable bonds is 4. The third kappa shape index (κ3) is 5.49. The Labute approximate surface area is 130 Å². The van der Waals surface area contributed by atoms with Crippen LogP contribution in [0.15, 0.2) is 32.5 Å². The monoisotopic (exact) mass is 314 g/mol. The molecular weight excluding hydrogens is 292 g/mol. The molecule has 0 radical (unpaired) electrons. The number of halogens is 1. The minimum absolute atomic E-state index is 0.0848. The Morgan fingerprint density at radius 1 is 1.38 bits per heavy atom. The van der Waals surface area contributed by atoms with Gasteiger partial charge >= 0.3 is 0 Å². The van der Waals surface area contributed by atoms with Crippen LogP contribution >= 0.6 is 11.6 Å². The topological polar surface area (TPSA) is 95.2 Å². The SMILES string of the molecule is C=NC(=NC1C[C@@H](C)O[C@@H](C)C1)C(Cl)=C(N)/C=C(\C)ON. The van der Waals surface area contributed by atoms with Crippen LogP contribution in [0.4, 0.5) is 0 Å². The highest BCUT2D eigenvalue weighted by atomic mass is 35.5. The van der Waals surface area contributed by atoms with Crippen LogP contribution in [0.5, 0.6) is 0 Å². The molecule has 0 amide bonds. The molecule has 1 heterocycles. The molecule has 0 spiro atoms. The molecule has 118 valence electrons. The van der Waals surface area contributed by atoms with Gasteiger partial charge in [0.1, 0.15) is 10.8 Å². The average Bonchev–Trinajstić information content (AvgIpc) is 2.42. The van der Waals surface area contributed by atoms with Gasteiger partial charge in [-0.3, -0.25) is 4.99 Å². The molecule has 0 bridgehead atoms. The fourth-order valence-electron chi connectivity index (χ4n) is 2.26. The minimum atomic E-state index is 0.0848. The van der Waals surface area contributed by atoms with Crippen molar-refractivity contribution in [2.24, 2.45) is 21.6 Å². The molecule has 1 unspecified atom stereocenters. The van der Waals surface area contributed by atoms with E-state index in [0.29, 0.717) is 11.6 Å². The van der Waals surface area contributed by atoms with E-state index in [1.54, 1.807) is 6.92 Å². The van der Waals surface area contributed by atoms with Gasteiger partial charge < -0.3 is 15.3 Å². The lowest BCUT2D eigenvalue weighted by Gasteiger charge is -2.30. The zero-order valence-corrected chi connectivity index (χ0v) is 13.4. The van der Waals surface area contributed by atoms with E-state index in [4.69, 9.17) is 28.0 Å². The summed E-state index contributed by atoms with van der Waals surface area (Å²) in [5, 5.41) is 0.230. The van der Waals surface area contributed by atoms with Gasteiger partial charge in [-0.05, 0) is 40.3 Å². The number of amidine groups is 1. The van der Waals surface area contributed by atoms with Crippen molar-refractivity contribution in [1.82, 2.24) is 0 Å². The zero-order chi connectivity index (χ0) is 16.0. The molecule has 0 aromatic carbocycles.